The molecule has 0 saturated heterocycles. The van der Waals surface area contributed by atoms with Gasteiger partial charge in [-0.3, -0.25) is 14.9 Å². The van der Waals surface area contributed by atoms with Crippen LogP contribution in [0.3, 0.4) is 0 Å². The van der Waals surface area contributed by atoms with Crippen LogP contribution in [0.2, 0.25) is 0 Å². The Labute approximate surface area is 229 Å². The summed E-state index contributed by atoms with van der Waals surface area (Å²) in [5, 5.41) is 15.5. The van der Waals surface area contributed by atoms with Gasteiger partial charge in [-0.1, -0.05) is 91.0 Å². The lowest BCUT2D eigenvalue weighted by Crippen LogP contribution is -2.48. The smallest absolute Gasteiger partial charge is 0.407 e. The van der Waals surface area contributed by atoms with E-state index in [0.29, 0.717) is 38.6 Å². The molecule has 3 aromatic rings. The van der Waals surface area contributed by atoms with Crippen molar-refractivity contribution in [2.45, 2.75) is 57.4 Å². The Hall–Kier alpha value is -4.17. The largest absolute Gasteiger partial charge is 0.480 e. The van der Waals surface area contributed by atoms with Gasteiger partial charge in [0.15, 0.2) is 0 Å². The Kier molecular flexibility index (Phi) is 12.5. The fraction of sp³-hybridized carbons (Fsp3) is 0.323. The van der Waals surface area contributed by atoms with Crippen molar-refractivity contribution in [3.63, 3.8) is 0 Å². The van der Waals surface area contributed by atoms with E-state index in [1.165, 1.54) is 0 Å². The van der Waals surface area contributed by atoms with Gasteiger partial charge in [0.1, 0.15) is 25.3 Å². The van der Waals surface area contributed by atoms with Crippen molar-refractivity contribution in [1.82, 2.24) is 10.6 Å². The molecule has 0 saturated carbocycles. The lowest BCUT2D eigenvalue weighted by Gasteiger charge is -2.22. The van der Waals surface area contributed by atoms with Crippen LogP contribution in [-0.2, 0) is 38.7 Å². The predicted molar refractivity (Wildman–Crippen MR) is 148 cm³/mol. The van der Waals surface area contributed by atoms with Gasteiger partial charge in [0.05, 0.1) is 0 Å². The minimum absolute atomic E-state index is 0.118. The summed E-state index contributed by atoms with van der Waals surface area (Å²) < 4.78 is 10.7. The van der Waals surface area contributed by atoms with Gasteiger partial charge in [0, 0.05) is 6.54 Å². The Bertz CT molecular complexity index is 1140. The van der Waals surface area contributed by atoms with Crippen LogP contribution < -0.4 is 10.6 Å². The van der Waals surface area contributed by atoms with Gasteiger partial charge in [-0.15, -0.1) is 0 Å². The molecule has 0 fully saturated rings. The topological polar surface area (TPSA) is 114 Å². The van der Waals surface area contributed by atoms with Gasteiger partial charge < -0.3 is 19.9 Å². The molecule has 0 radical (unpaired) electrons. The number of hydrogen-bond donors (Lipinski definition) is 3. The third-order valence-corrected chi connectivity index (χ3v) is 6.18. The molecule has 39 heavy (non-hydrogen) atoms. The number of nitrogens with one attached hydrogen (secondary N) is 2. The maximum absolute atomic E-state index is 13.0. The SMILES string of the molecule is O=C(NCCCC[C@H](N[C@@H](CCc1ccccc1)C(=O)OCc1ccccc1)C(=O)O)OCc1ccccc1. The molecule has 8 nitrogen and oxygen atoms in total. The molecule has 0 unspecified atom stereocenters. The van der Waals surface area contributed by atoms with Gasteiger partial charge in [-0.2, -0.15) is 0 Å². The highest BCUT2D eigenvalue weighted by Crippen LogP contribution is 2.11. The average Bonchev–Trinajstić information content (AvgIpc) is 2.97. The van der Waals surface area contributed by atoms with Gasteiger partial charge in [-0.25, -0.2) is 4.79 Å². The summed E-state index contributed by atoms with van der Waals surface area (Å²) in [5.74, 6) is -1.52. The van der Waals surface area contributed by atoms with E-state index in [1.54, 1.807) is 0 Å². The molecule has 3 N–H and O–H groups in total. The van der Waals surface area contributed by atoms with E-state index in [4.69, 9.17) is 9.47 Å². The van der Waals surface area contributed by atoms with E-state index in [0.717, 1.165) is 16.7 Å². The molecule has 0 bridgehead atoms. The zero-order valence-electron chi connectivity index (χ0n) is 22.0. The van der Waals surface area contributed by atoms with Crippen LogP contribution >= 0.6 is 0 Å². The van der Waals surface area contributed by atoms with Crippen molar-refractivity contribution < 1.29 is 29.0 Å². The zero-order chi connectivity index (χ0) is 27.7. The number of hydrogen-bond acceptors (Lipinski definition) is 6. The predicted octanol–water partition coefficient (Wildman–Crippen LogP) is 4.87. The van der Waals surface area contributed by atoms with Crippen molar-refractivity contribution in [2.75, 3.05) is 6.54 Å². The van der Waals surface area contributed by atoms with E-state index in [2.05, 4.69) is 10.6 Å². The molecule has 0 aliphatic heterocycles. The second kappa shape index (κ2) is 16.6. The molecular weight excluding hydrogens is 496 g/mol. The van der Waals surface area contributed by atoms with Crippen LogP contribution in [0.25, 0.3) is 0 Å². The first-order valence-electron chi connectivity index (χ1n) is 13.2. The molecule has 206 valence electrons. The number of alkyl carbamates (subject to hydrolysis) is 1. The van der Waals surface area contributed by atoms with Crippen LogP contribution in [0.15, 0.2) is 91.0 Å². The molecule has 0 aliphatic carbocycles. The molecule has 0 spiro atoms. The van der Waals surface area contributed by atoms with E-state index >= 15 is 0 Å². The number of rotatable bonds is 16. The third-order valence-electron chi connectivity index (χ3n) is 6.18. The number of carbonyl (C=O) groups is 3. The Morgan fingerprint density at radius 2 is 1.21 bits per heavy atom. The van der Waals surface area contributed by atoms with Crippen molar-refractivity contribution in [3.8, 4) is 0 Å². The molecular formula is C31H36N2O6. The number of carboxylic acids is 1. The normalized spacial score (nSPS) is 12.2. The zero-order valence-corrected chi connectivity index (χ0v) is 22.0. The van der Waals surface area contributed by atoms with Gasteiger partial charge in [0.25, 0.3) is 0 Å². The number of carbonyl (C=O) groups excluding carboxylic acids is 2. The average molecular weight is 533 g/mol. The Morgan fingerprint density at radius 1 is 0.667 bits per heavy atom. The number of ether oxygens (including phenoxy) is 2. The first-order chi connectivity index (χ1) is 19.0. The van der Waals surface area contributed by atoms with Crippen LogP contribution in [0.4, 0.5) is 4.79 Å². The summed E-state index contributed by atoms with van der Waals surface area (Å²) in [6.07, 6.45) is 1.88. The van der Waals surface area contributed by atoms with Crippen molar-refractivity contribution in [1.29, 1.82) is 0 Å². The molecule has 2 atom stereocenters. The number of aliphatic carboxylic acids is 1. The Balaban J connectivity index is 1.46. The number of aryl methyl sites for hydroxylation is 1. The first kappa shape index (κ1) is 29.4. The van der Waals surface area contributed by atoms with Crippen LogP contribution in [0.5, 0.6) is 0 Å². The molecule has 0 aliphatic rings. The van der Waals surface area contributed by atoms with Crippen molar-refractivity contribution in [3.05, 3.63) is 108 Å². The highest BCUT2D eigenvalue weighted by atomic mass is 16.5. The second-order valence-corrected chi connectivity index (χ2v) is 9.21. The molecule has 0 aromatic heterocycles. The van der Waals surface area contributed by atoms with Gasteiger partial charge >= 0.3 is 18.0 Å². The number of unbranched alkanes of at least 4 members (excludes halogenated alkanes) is 1. The maximum atomic E-state index is 13.0. The Morgan fingerprint density at radius 3 is 1.77 bits per heavy atom. The molecule has 8 heteroatoms. The van der Waals surface area contributed by atoms with Crippen molar-refractivity contribution >= 4 is 18.0 Å². The molecule has 0 heterocycles. The number of amides is 1. The summed E-state index contributed by atoms with van der Waals surface area (Å²) >= 11 is 0. The van der Waals surface area contributed by atoms with Gasteiger partial charge in [0.2, 0.25) is 0 Å². The number of esters is 1. The lowest BCUT2D eigenvalue weighted by molar-refractivity contribution is -0.149. The number of benzene rings is 3. The molecule has 3 rings (SSSR count). The van der Waals surface area contributed by atoms with E-state index in [9.17, 15) is 19.5 Å². The standard InChI is InChI=1S/C31H36N2O6/c34-29(35)27(18-10-11-21-32-31(37)39-23-26-16-8-3-9-17-26)33-28(20-19-24-12-4-1-5-13-24)30(36)38-22-25-14-6-2-7-15-25/h1-9,12-17,27-28,33H,10-11,18-23H2,(H,32,37)(H,34,35)/t27-,28-/m0/s1. The highest BCUT2D eigenvalue weighted by molar-refractivity contribution is 5.78. The van der Waals surface area contributed by atoms with Crippen LogP contribution in [0.1, 0.15) is 42.4 Å². The first-order valence-corrected chi connectivity index (χ1v) is 13.2. The third kappa shape index (κ3) is 11.4. The van der Waals surface area contributed by atoms with Crippen molar-refractivity contribution in [2.24, 2.45) is 0 Å². The van der Waals surface area contributed by atoms with E-state index in [-0.39, 0.29) is 13.2 Å². The van der Waals surface area contributed by atoms with Crippen LogP contribution in [0, 0.1) is 0 Å². The summed E-state index contributed by atoms with van der Waals surface area (Å²) in [5.41, 5.74) is 2.81. The fourth-order valence-corrected chi connectivity index (χ4v) is 4.01. The molecule has 1 amide bonds. The van der Waals surface area contributed by atoms with Crippen LogP contribution in [-0.4, -0.2) is 41.8 Å². The second-order valence-electron chi connectivity index (χ2n) is 9.21. The minimum atomic E-state index is -1.04. The summed E-state index contributed by atoms with van der Waals surface area (Å²) in [6.45, 7) is 0.659. The quantitative estimate of drug-likeness (QED) is 0.178. The highest BCUT2D eigenvalue weighted by Gasteiger charge is 2.27. The van der Waals surface area contributed by atoms with E-state index < -0.39 is 30.1 Å². The lowest BCUT2D eigenvalue weighted by atomic mass is 10.0. The van der Waals surface area contributed by atoms with Gasteiger partial charge in [-0.05, 0) is 48.8 Å². The summed E-state index contributed by atoms with van der Waals surface area (Å²) in [7, 11) is 0. The minimum Gasteiger partial charge on any atom is -0.480 e. The number of carboxylic acid groups (broad SMARTS) is 1. The van der Waals surface area contributed by atoms with E-state index in [1.807, 2.05) is 91.0 Å². The monoisotopic (exact) mass is 532 g/mol. The summed E-state index contributed by atoms with van der Waals surface area (Å²) in [6, 6.07) is 26.7. The maximum Gasteiger partial charge on any atom is 0.407 e. The summed E-state index contributed by atoms with van der Waals surface area (Å²) in [4.78, 5) is 36.9. The molecule has 3 aromatic carbocycles. The fourth-order valence-electron chi connectivity index (χ4n) is 4.01.